The minimum atomic E-state index is -0.925. The molecule has 3 nitrogen and oxygen atoms in total. The van der Waals surface area contributed by atoms with Crippen LogP contribution < -0.4 is 4.74 Å². The maximum atomic E-state index is 12.2. The Bertz CT molecular complexity index is 831. The fourth-order valence-corrected chi connectivity index (χ4v) is 4.60. The molecule has 2 aromatic rings. The maximum absolute atomic E-state index is 12.2. The molecule has 3 rings (SSSR count). The largest absolute Gasteiger partial charge is 0.497 e. The molecule has 0 bridgehead atoms. The van der Waals surface area contributed by atoms with E-state index in [9.17, 15) is 5.11 Å². The number of nitrogens with zero attached hydrogens (tertiary/aromatic N) is 1. The predicted octanol–water partition coefficient (Wildman–Crippen LogP) is 5.46. The van der Waals surface area contributed by atoms with Crippen molar-refractivity contribution in [1.29, 1.82) is 0 Å². The molecule has 4 heteroatoms. The molecule has 2 unspecified atom stereocenters. The summed E-state index contributed by atoms with van der Waals surface area (Å²) in [5.41, 5.74) is 2.27. The van der Waals surface area contributed by atoms with Crippen LogP contribution in [-0.4, -0.2) is 43.4 Å². The van der Waals surface area contributed by atoms with Crippen LogP contribution >= 0.6 is 11.6 Å². The molecule has 1 aliphatic rings. The SMILES string of the molecule is COc1ccc(C=C2CCCCC(CN(C)C)C2(O)Cc2ccccc2Cl)cc1. The second kappa shape index (κ2) is 9.80. The molecule has 2 aromatic carbocycles. The third-order valence-electron chi connectivity index (χ3n) is 5.94. The average molecular weight is 414 g/mol. The normalized spacial score (nSPS) is 23.9. The van der Waals surface area contributed by atoms with E-state index < -0.39 is 5.60 Å². The minimum absolute atomic E-state index is 0.153. The first-order valence-corrected chi connectivity index (χ1v) is 10.8. The highest BCUT2D eigenvalue weighted by atomic mass is 35.5. The van der Waals surface area contributed by atoms with Crippen LogP contribution in [0.3, 0.4) is 0 Å². The van der Waals surface area contributed by atoms with E-state index in [0.29, 0.717) is 6.42 Å². The Kier molecular flexibility index (Phi) is 7.39. The molecule has 0 spiro atoms. The van der Waals surface area contributed by atoms with Gasteiger partial charge in [0.25, 0.3) is 0 Å². The number of hydrogen-bond donors (Lipinski definition) is 1. The first kappa shape index (κ1) is 21.9. The van der Waals surface area contributed by atoms with Gasteiger partial charge in [0, 0.05) is 23.9 Å². The number of benzene rings is 2. The van der Waals surface area contributed by atoms with E-state index in [-0.39, 0.29) is 5.92 Å². The van der Waals surface area contributed by atoms with E-state index in [1.54, 1.807) is 7.11 Å². The minimum Gasteiger partial charge on any atom is -0.497 e. The van der Waals surface area contributed by atoms with Crippen LogP contribution in [0.4, 0.5) is 0 Å². The number of aliphatic hydroxyl groups is 1. The summed E-state index contributed by atoms with van der Waals surface area (Å²) in [7, 11) is 5.83. The van der Waals surface area contributed by atoms with Crippen molar-refractivity contribution in [3.05, 3.63) is 70.3 Å². The molecule has 0 radical (unpaired) electrons. The summed E-state index contributed by atoms with van der Waals surface area (Å²) >= 11 is 6.49. The van der Waals surface area contributed by atoms with Crippen molar-refractivity contribution in [3.63, 3.8) is 0 Å². The predicted molar refractivity (Wildman–Crippen MR) is 122 cm³/mol. The van der Waals surface area contributed by atoms with Crippen LogP contribution in [0.1, 0.15) is 36.8 Å². The quantitative estimate of drug-likeness (QED) is 0.638. The van der Waals surface area contributed by atoms with Crippen LogP contribution in [0.5, 0.6) is 5.75 Å². The van der Waals surface area contributed by atoms with Crippen molar-refractivity contribution in [3.8, 4) is 5.75 Å². The molecule has 0 heterocycles. The summed E-state index contributed by atoms with van der Waals surface area (Å²) in [6, 6.07) is 15.9. The first-order chi connectivity index (χ1) is 13.9. The summed E-state index contributed by atoms with van der Waals surface area (Å²) in [5, 5.41) is 12.9. The van der Waals surface area contributed by atoms with E-state index in [2.05, 4.69) is 25.1 Å². The van der Waals surface area contributed by atoms with Gasteiger partial charge in [-0.1, -0.05) is 54.4 Å². The molecule has 29 heavy (non-hydrogen) atoms. The van der Waals surface area contributed by atoms with Gasteiger partial charge in [0.2, 0.25) is 0 Å². The first-order valence-electron chi connectivity index (χ1n) is 10.4. The van der Waals surface area contributed by atoms with E-state index in [1.807, 2.05) is 48.5 Å². The third kappa shape index (κ3) is 5.42. The van der Waals surface area contributed by atoms with Gasteiger partial charge < -0.3 is 14.7 Å². The van der Waals surface area contributed by atoms with Gasteiger partial charge in [-0.05, 0) is 68.3 Å². The van der Waals surface area contributed by atoms with E-state index in [4.69, 9.17) is 16.3 Å². The van der Waals surface area contributed by atoms with Gasteiger partial charge in [0.1, 0.15) is 5.75 Å². The Morgan fingerprint density at radius 2 is 1.86 bits per heavy atom. The van der Waals surface area contributed by atoms with Crippen molar-refractivity contribution in [1.82, 2.24) is 4.90 Å². The van der Waals surface area contributed by atoms with Gasteiger partial charge in [-0.2, -0.15) is 0 Å². The molecule has 0 saturated heterocycles. The van der Waals surface area contributed by atoms with Crippen LogP contribution in [0.15, 0.2) is 54.1 Å². The molecule has 1 fully saturated rings. The Hall–Kier alpha value is -1.81. The summed E-state index contributed by atoms with van der Waals surface area (Å²) in [5.74, 6) is 0.991. The number of hydrogen-bond acceptors (Lipinski definition) is 3. The molecule has 2 atom stereocenters. The lowest BCUT2D eigenvalue weighted by Crippen LogP contribution is -2.45. The van der Waals surface area contributed by atoms with Crippen molar-refractivity contribution in [2.45, 2.75) is 37.7 Å². The van der Waals surface area contributed by atoms with Crippen molar-refractivity contribution in [2.24, 2.45) is 5.92 Å². The van der Waals surface area contributed by atoms with E-state index >= 15 is 0 Å². The van der Waals surface area contributed by atoms with E-state index in [1.165, 1.54) is 0 Å². The van der Waals surface area contributed by atoms with Gasteiger partial charge in [0.05, 0.1) is 12.7 Å². The Labute approximate surface area is 180 Å². The van der Waals surface area contributed by atoms with Crippen molar-refractivity contribution in [2.75, 3.05) is 27.7 Å². The van der Waals surface area contributed by atoms with Crippen LogP contribution in [-0.2, 0) is 6.42 Å². The molecular weight excluding hydrogens is 382 g/mol. The molecule has 0 aromatic heterocycles. The molecule has 156 valence electrons. The zero-order valence-corrected chi connectivity index (χ0v) is 18.5. The second-order valence-electron chi connectivity index (χ2n) is 8.34. The molecule has 0 amide bonds. The van der Waals surface area contributed by atoms with Gasteiger partial charge >= 0.3 is 0 Å². The molecule has 0 aliphatic heterocycles. The number of methoxy groups -OCH3 is 1. The lowest BCUT2D eigenvalue weighted by atomic mass is 9.74. The highest BCUT2D eigenvalue weighted by Gasteiger charge is 2.41. The average Bonchev–Trinajstić information content (AvgIpc) is 2.84. The standard InChI is InChI=1S/C25H32ClNO2/c1-27(2)18-22-10-6-5-9-21(16-19-12-14-23(29-3)15-13-19)25(22,28)17-20-8-4-7-11-24(20)26/h4,7-8,11-16,22,28H,5-6,9-10,17-18H2,1-3H3. The fourth-order valence-electron chi connectivity index (χ4n) is 4.40. The van der Waals surface area contributed by atoms with Crippen LogP contribution in [0, 0.1) is 5.92 Å². The number of ether oxygens (including phenoxy) is 1. The van der Waals surface area contributed by atoms with Crippen LogP contribution in [0.25, 0.3) is 6.08 Å². The van der Waals surface area contributed by atoms with Gasteiger partial charge in [-0.3, -0.25) is 0 Å². The maximum Gasteiger partial charge on any atom is 0.118 e. The van der Waals surface area contributed by atoms with Gasteiger partial charge in [-0.15, -0.1) is 0 Å². The summed E-state index contributed by atoms with van der Waals surface area (Å²) < 4.78 is 5.28. The van der Waals surface area contributed by atoms with Crippen molar-refractivity contribution < 1.29 is 9.84 Å². The van der Waals surface area contributed by atoms with Crippen LogP contribution in [0.2, 0.25) is 5.02 Å². The second-order valence-corrected chi connectivity index (χ2v) is 8.75. The molecule has 1 saturated carbocycles. The zero-order valence-electron chi connectivity index (χ0n) is 17.7. The smallest absolute Gasteiger partial charge is 0.118 e. The Balaban J connectivity index is 2.03. The van der Waals surface area contributed by atoms with E-state index in [0.717, 1.165) is 59.7 Å². The zero-order chi connectivity index (χ0) is 20.9. The Morgan fingerprint density at radius 1 is 1.14 bits per heavy atom. The summed E-state index contributed by atoms with van der Waals surface area (Å²) in [6.07, 6.45) is 6.84. The van der Waals surface area contributed by atoms with Crippen molar-refractivity contribution >= 4 is 17.7 Å². The summed E-state index contributed by atoms with van der Waals surface area (Å²) in [6.45, 7) is 0.848. The topological polar surface area (TPSA) is 32.7 Å². The highest BCUT2D eigenvalue weighted by Crippen LogP contribution is 2.41. The van der Waals surface area contributed by atoms with Gasteiger partial charge in [0.15, 0.2) is 0 Å². The molecule has 1 aliphatic carbocycles. The third-order valence-corrected chi connectivity index (χ3v) is 6.31. The molecular formula is C25H32ClNO2. The summed E-state index contributed by atoms with van der Waals surface area (Å²) in [4.78, 5) is 2.18. The molecule has 1 N–H and O–H groups in total. The number of rotatable bonds is 6. The fraction of sp³-hybridized carbons (Fsp3) is 0.440. The monoisotopic (exact) mass is 413 g/mol. The Morgan fingerprint density at radius 3 is 2.52 bits per heavy atom. The lowest BCUT2D eigenvalue weighted by molar-refractivity contribution is 0.00518. The van der Waals surface area contributed by atoms with Gasteiger partial charge in [-0.25, -0.2) is 0 Å². The lowest BCUT2D eigenvalue weighted by Gasteiger charge is -2.39. The highest BCUT2D eigenvalue weighted by molar-refractivity contribution is 6.31. The number of halogens is 1.